The van der Waals surface area contributed by atoms with Crippen molar-refractivity contribution in [3.63, 3.8) is 0 Å². The lowest BCUT2D eigenvalue weighted by Crippen LogP contribution is -2.35. The number of piperidine rings is 1. The third-order valence-electron chi connectivity index (χ3n) is 6.33. The molecule has 1 aliphatic heterocycles. The highest BCUT2D eigenvalue weighted by Crippen LogP contribution is 2.30. The normalized spacial score (nSPS) is 14.5. The molecule has 186 valence electrons. The summed E-state index contributed by atoms with van der Waals surface area (Å²) in [5.74, 6) is 0.223. The largest absolute Gasteiger partial charge is 0.447 e. The molecule has 5 nitrogen and oxygen atoms in total. The van der Waals surface area contributed by atoms with Crippen molar-refractivity contribution >= 4 is 5.91 Å². The molecule has 0 aliphatic carbocycles. The molecule has 0 N–H and O–H groups in total. The summed E-state index contributed by atoms with van der Waals surface area (Å²) in [6.45, 7) is 6.51. The second-order valence-corrected chi connectivity index (χ2v) is 9.25. The second kappa shape index (κ2) is 10.6. The van der Waals surface area contributed by atoms with E-state index >= 15 is 0 Å². The molecule has 0 unspecified atom stereocenters. The van der Waals surface area contributed by atoms with E-state index in [0.29, 0.717) is 18.0 Å². The first kappa shape index (κ1) is 25.0. The first-order chi connectivity index (χ1) is 16.7. The van der Waals surface area contributed by atoms with Crippen molar-refractivity contribution < 1.29 is 22.4 Å². The van der Waals surface area contributed by atoms with Crippen LogP contribution in [-0.2, 0) is 25.8 Å². The van der Waals surface area contributed by atoms with Gasteiger partial charge in [0.25, 0.3) is 5.91 Å². The predicted octanol–water partition coefficient (Wildman–Crippen LogP) is 6.14. The number of amides is 1. The van der Waals surface area contributed by atoms with E-state index in [2.05, 4.69) is 11.1 Å². The van der Waals surface area contributed by atoms with Gasteiger partial charge in [-0.3, -0.25) is 9.69 Å². The number of aromatic nitrogens is 1. The zero-order chi connectivity index (χ0) is 25.0. The van der Waals surface area contributed by atoms with Gasteiger partial charge in [-0.2, -0.15) is 13.2 Å². The van der Waals surface area contributed by atoms with Crippen molar-refractivity contribution in [1.29, 1.82) is 0 Å². The number of aryl methyl sites for hydroxylation is 2. The highest BCUT2D eigenvalue weighted by atomic mass is 19.4. The summed E-state index contributed by atoms with van der Waals surface area (Å²) in [5.41, 5.74) is 3.45. The Balaban J connectivity index is 1.55. The SMILES string of the molecule is Cc1ccc(CN(Cc2cccc(C(F)(F)F)c2)Cc2nc(C(=O)N3CCCCC3)co2)c(C)c1. The van der Waals surface area contributed by atoms with E-state index in [4.69, 9.17) is 4.42 Å². The molecule has 8 heteroatoms. The Morgan fingerprint density at radius 2 is 1.80 bits per heavy atom. The lowest BCUT2D eigenvalue weighted by Gasteiger charge is -2.25. The van der Waals surface area contributed by atoms with Crippen LogP contribution in [0.3, 0.4) is 0 Å². The van der Waals surface area contributed by atoms with Gasteiger partial charge in [0.05, 0.1) is 12.1 Å². The molecule has 0 bridgehead atoms. The summed E-state index contributed by atoms with van der Waals surface area (Å²) in [5, 5.41) is 0. The van der Waals surface area contributed by atoms with Crippen molar-refractivity contribution in [2.24, 2.45) is 0 Å². The van der Waals surface area contributed by atoms with Gasteiger partial charge in [0.1, 0.15) is 6.26 Å². The van der Waals surface area contributed by atoms with Crippen LogP contribution in [0.4, 0.5) is 13.2 Å². The molecule has 2 heterocycles. The number of nitrogens with zero attached hydrogens (tertiary/aromatic N) is 3. The number of carbonyl (C=O) groups excluding carboxylic acids is 1. The van der Waals surface area contributed by atoms with Crippen molar-refractivity contribution in [3.8, 4) is 0 Å². The number of halogens is 3. The minimum atomic E-state index is -4.40. The van der Waals surface area contributed by atoms with Crippen molar-refractivity contribution in [2.75, 3.05) is 13.1 Å². The molecule has 0 radical (unpaired) electrons. The maximum absolute atomic E-state index is 13.2. The smallest absolute Gasteiger partial charge is 0.416 e. The first-order valence-electron chi connectivity index (χ1n) is 11.9. The van der Waals surface area contributed by atoms with E-state index in [-0.39, 0.29) is 24.7 Å². The van der Waals surface area contributed by atoms with E-state index in [0.717, 1.165) is 55.1 Å². The predicted molar refractivity (Wildman–Crippen MR) is 127 cm³/mol. The number of benzene rings is 2. The van der Waals surface area contributed by atoms with Crippen molar-refractivity contribution in [3.05, 3.63) is 88.1 Å². The number of carbonyl (C=O) groups is 1. The van der Waals surface area contributed by atoms with E-state index in [1.807, 2.05) is 30.9 Å². The molecule has 0 atom stereocenters. The quantitative estimate of drug-likeness (QED) is 0.403. The summed E-state index contributed by atoms with van der Waals surface area (Å²) in [6.07, 6.45) is 0.0670. The van der Waals surface area contributed by atoms with Crippen LogP contribution in [-0.4, -0.2) is 33.8 Å². The molecular formula is C27H30F3N3O2. The average Bonchev–Trinajstić information content (AvgIpc) is 3.29. The molecule has 1 amide bonds. The van der Waals surface area contributed by atoms with Crippen LogP contribution >= 0.6 is 0 Å². The number of rotatable bonds is 7. The van der Waals surface area contributed by atoms with Crippen LogP contribution < -0.4 is 0 Å². The second-order valence-electron chi connectivity index (χ2n) is 9.25. The fraction of sp³-hybridized carbons (Fsp3) is 0.407. The van der Waals surface area contributed by atoms with Crippen molar-refractivity contribution in [2.45, 2.75) is 58.9 Å². The van der Waals surface area contributed by atoms with E-state index in [9.17, 15) is 18.0 Å². The number of likely N-dealkylation sites (tertiary alicyclic amines) is 1. The first-order valence-corrected chi connectivity index (χ1v) is 11.9. The molecule has 35 heavy (non-hydrogen) atoms. The van der Waals surface area contributed by atoms with Crippen LogP contribution in [0.25, 0.3) is 0 Å². The fourth-order valence-corrected chi connectivity index (χ4v) is 4.47. The molecule has 3 aromatic rings. The van der Waals surface area contributed by atoms with E-state index in [1.165, 1.54) is 18.4 Å². The Kier molecular flexibility index (Phi) is 7.60. The van der Waals surface area contributed by atoms with Gasteiger partial charge in [-0.05, 0) is 55.9 Å². The van der Waals surface area contributed by atoms with E-state index < -0.39 is 11.7 Å². The Labute approximate surface area is 203 Å². The van der Waals surface area contributed by atoms with Crippen LogP contribution in [0.2, 0.25) is 0 Å². The Morgan fingerprint density at radius 1 is 1.03 bits per heavy atom. The van der Waals surface area contributed by atoms with Crippen LogP contribution in [0.1, 0.15) is 63.5 Å². The zero-order valence-electron chi connectivity index (χ0n) is 20.1. The van der Waals surface area contributed by atoms with Gasteiger partial charge in [0, 0.05) is 26.2 Å². The summed E-state index contributed by atoms with van der Waals surface area (Å²) >= 11 is 0. The third kappa shape index (κ3) is 6.51. The minimum Gasteiger partial charge on any atom is -0.447 e. The Morgan fingerprint density at radius 3 is 2.51 bits per heavy atom. The van der Waals surface area contributed by atoms with Crippen LogP contribution in [0, 0.1) is 13.8 Å². The topological polar surface area (TPSA) is 49.6 Å². The number of hydrogen-bond acceptors (Lipinski definition) is 4. The Hall–Kier alpha value is -3.13. The number of alkyl halides is 3. The molecule has 0 saturated carbocycles. The molecule has 1 saturated heterocycles. The van der Waals surface area contributed by atoms with Crippen LogP contribution in [0.5, 0.6) is 0 Å². The summed E-state index contributed by atoms with van der Waals surface area (Å²) in [6, 6.07) is 11.5. The average molecular weight is 486 g/mol. The zero-order valence-corrected chi connectivity index (χ0v) is 20.1. The van der Waals surface area contributed by atoms with Crippen LogP contribution in [0.15, 0.2) is 53.1 Å². The van der Waals surface area contributed by atoms with E-state index in [1.54, 1.807) is 11.0 Å². The standard InChI is InChI=1S/C27H30F3N3O2/c1-19-9-10-22(20(2)13-19)16-32(15-21-7-6-8-23(14-21)27(28,29)30)17-25-31-24(18-35-25)26(34)33-11-4-3-5-12-33/h6-10,13-14,18H,3-5,11-12,15-17H2,1-2H3. The maximum Gasteiger partial charge on any atom is 0.416 e. The lowest BCUT2D eigenvalue weighted by molar-refractivity contribution is -0.137. The fourth-order valence-electron chi connectivity index (χ4n) is 4.47. The molecular weight excluding hydrogens is 455 g/mol. The van der Waals surface area contributed by atoms with Gasteiger partial charge in [-0.25, -0.2) is 4.98 Å². The molecule has 4 rings (SSSR count). The van der Waals surface area contributed by atoms with Gasteiger partial charge in [-0.1, -0.05) is 42.0 Å². The minimum absolute atomic E-state index is 0.140. The van der Waals surface area contributed by atoms with Gasteiger partial charge < -0.3 is 9.32 Å². The molecule has 1 aromatic heterocycles. The summed E-state index contributed by atoms with van der Waals surface area (Å²) in [4.78, 5) is 21.0. The highest BCUT2D eigenvalue weighted by molar-refractivity contribution is 5.92. The molecule has 1 aliphatic rings. The summed E-state index contributed by atoms with van der Waals surface area (Å²) in [7, 11) is 0. The highest BCUT2D eigenvalue weighted by Gasteiger charge is 2.30. The monoisotopic (exact) mass is 485 g/mol. The molecule has 1 fully saturated rings. The summed E-state index contributed by atoms with van der Waals surface area (Å²) < 4.78 is 45.4. The van der Waals surface area contributed by atoms with Crippen molar-refractivity contribution in [1.82, 2.24) is 14.8 Å². The Bertz CT molecular complexity index is 1170. The third-order valence-corrected chi connectivity index (χ3v) is 6.33. The maximum atomic E-state index is 13.2. The number of hydrogen-bond donors (Lipinski definition) is 0. The molecule has 2 aromatic carbocycles. The molecule has 0 spiro atoms. The van der Waals surface area contributed by atoms with Gasteiger partial charge in [0.2, 0.25) is 5.89 Å². The van der Waals surface area contributed by atoms with Gasteiger partial charge >= 0.3 is 6.18 Å². The van der Waals surface area contributed by atoms with Gasteiger partial charge in [-0.15, -0.1) is 0 Å². The lowest BCUT2D eigenvalue weighted by atomic mass is 10.0. The van der Waals surface area contributed by atoms with Gasteiger partial charge in [0.15, 0.2) is 5.69 Å². The number of oxazole rings is 1.